The summed E-state index contributed by atoms with van der Waals surface area (Å²) < 4.78 is 47.2. The minimum absolute atomic E-state index is 0.0924. The molecule has 8 heteroatoms. The number of rotatable bonds is 6. The fraction of sp³-hybridized carbons (Fsp3) is 0.462. The predicted octanol–water partition coefficient (Wildman–Crippen LogP) is 0.561. The Hall–Kier alpha value is -1.54. The van der Waals surface area contributed by atoms with Gasteiger partial charge in [0.1, 0.15) is 0 Å². The molecule has 0 unspecified atom stereocenters. The molecule has 1 fully saturated rings. The van der Waals surface area contributed by atoms with Crippen LogP contribution in [0.4, 0.5) is 8.78 Å². The van der Waals surface area contributed by atoms with Crippen molar-refractivity contribution < 1.29 is 22.0 Å². The number of amides is 1. The minimum atomic E-state index is -4.58. The maximum Gasteiger partial charge on any atom is 0.341 e. The maximum absolute atomic E-state index is 12.4. The van der Waals surface area contributed by atoms with Crippen LogP contribution in [0.15, 0.2) is 29.2 Å². The third kappa shape index (κ3) is 3.98. The molecule has 2 N–H and O–H groups in total. The van der Waals surface area contributed by atoms with Crippen LogP contribution in [-0.2, 0) is 21.1 Å². The lowest BCUT2D eigenvalue weighted by Crippen LogP contribution is -2.48. The molecule has 0 aliphatic carbocycles. The van der Waals surface area contributed by atoms with E-state index in [2.05, 4.69) is 10.6 Å². The summed E-state index contributed by atoms with van der Waals surface area (Å²) in [6, 6.07) is 4.94. The Morgan fingerprint density at radius 3 is 2.38 bits per heavy atom. The summed E-state index contributed by atoms with van der Waals surface area (Å²) >= 11 is 0. The highest BCUT2D eigenvalue weighted by molar-refractivity contribution is 7.91. The van der Waals surface area contributed by atoms with Crippen LogP contribution in [-0.4, -0.2) is 39.7 Å². The highest BCUT2D eigenvalue weighted by Crippen LogP contribution is 2.18. The molecule has 0 radical (unpaired) electrons. The molecule has 1 saturated heterocycles. The lowest BCUT2D eigenvalue weighted by Gasteiger charge is -2.27. The van der Waals surface area contributed by atoms with Gasteiger partial charge in [0.25, 0.3) is 0 Å². The van der Waals surface area contributed by atoms with E-state index in [-0.39, 0.29) is 12.3 Å². The quantitative estimate of drug-likeness (QED) is 0.804. The van der Waals surface area contributed by atoms with Crippen LogP contribution in [0.25, 0.3) is 0 Å². The van der Waals surface area contributed by atoms with Crippen LogP contribution in [0, 0.1) is 5.92 Å². The van der Waals surface area contributed by atoms with Crippen LogP contribution in [0.5, 0.6) is 0 Å². The van der Waals surface area contributed by atoms with Gasteiger partial charge in [-0.2, -0.15) is 8.78 Å². The zero-order valence-corrected chi connectivity index (χ0v) is 12.0. The van der Waals surface area contributed by atoms with Crippen LogP contribution in [0.3, 0.4) is 0 Å². The Bertz CT molecular complexity index is 598. The average molecular weight is 318 g/mol. The number of hydrogen-bond acceptors (Lipinski definition) is 4. The Balaban J connectivity index is 1.91. The van der Waals surface area contributed by atoms with E-state index in [0.717, 1.165) is 25.2 Å². The first-order chi connectivity index (χ1) is 9.89. The van der Waals surface area contributed by atoms with Crippen molar-refractivity contribution in [2.45, 2.75) is 17.1 Å². The number of halogens is 2. The number of sulfone groups is 1. The summed E-state index contributed by atoms with van der Waals surface area (Å²) in [5, 5.41) is 5.87. The molecule has 1 heterocycles. The van der Waals surface area contributed by atoms with Crippen LogP contribution >= 0.6 is 0 Å². The second-order valence-electron chi connectivity index (χ2n) is 4.95. The third-order valence-electron chi connectivity index (χ3n) is 3.31. The topological polar surface area (TPSA) is 75.3 Å². The van der Waals surface area contributed by atoms with Gasteiger partial charge in [0.05, 0.1) is 11.3 Å². The Labute approximate surface area is 121 Å². The van der Waals surface area contributed by atoms with E-state index in [0.29, 0.717) is 18.0 Å². The highest BCUT2D eigenvalue weighted by atomic mass is 32.2. The molecular formula is C13H16F2N2O3S. The van der Waals surface area contributed by atoms with Gasteiger partial charge in [-0.05, 0) is 17.7 Å². The van der Waals surface area contributed by atoms with E-state index in [9.17, 15) is 22.0 Å². The summed E-state index contributed by atoms with van der Waals surface area (Å²) in [6.07, 6.45) is 0.0924. The monoisotopic (exact) mass is 318 g/mol. The minimum Gasteiger partial charge on any atom is -0.355 e. The molecule has 1 aliphatic rings. The molecule has 21 heavy (non-hydrogen) atoms. The van der Waals surface area contributed by atoms with Crippen LogP contribution in [0.1, 0.15) is 5.56 Å². The summed E-state index contributed by atoms with van der Waals surface area (Å²) in [4.78, 5) is 11.2. The fourth-order valence-corrected chi connectivity index (χ4v) is 2.62. The molecule has 5 nitrogen and oxygen atoms in total. The van der Waals surface area contributed by atoms with E-state index in [1.165, 1.54) is 12.1 Å². The van der Waals surface area contributed by atoms with Crippen molar-refractivity contribution in [3.8, 4) is 0 Å². The van der Waals surface area contributed by atoms with Gasteiger partial charge in [0.2, 0.25) is 15.7 Å². The molecule has 1 aliphatic heterocycles. The second-order valence-corrected chi connectivity index (χ2v) is 6.87. The maximum atomic E-state index is 12.4. The number of carbonyl (C=O) groups is 1. The van der Waals surface area contributed by atoms with Crippen LogP contribution in [0.2, 0.25) is 0 Å². The predicted molar refractivity (Wildman–Crippen MR) is 72.7 cm³/mol. The van der Waals surface area contributed by atoms with Gasteiger partial charge in [-0.3, -0.25) is 4.79 Å². The van der Waals surface area contributed by atoms with Crippen molar-refractivity contribution in [3.05, 3.63) is 29.8 Å². The Morgan fingerprint density at radius 1 is 1.29 bits per heavy atom. The van der Waals surface area contributed by atoms with Crippen molar-refractivity contribution >= 4 is 15.7 Å². The van der Waals surface area contributed by atoms with E-state index in [4.69, 9.17) is 0 Å². The van der Waals surface area contributed by atoms with E-state index >= 15 is 0 Å². The molecule has 0 bridgehead atoms. The first kappa shape index (κ1) is 15.8. The summed E-state index contributed by atoms with van der Waals surface area (Å²) in [5.74, 6) is -3.17. The van der Waals surface area contributed by atoms with Gasteiger partial charge >= 0.3 is 5.76 Å². The molecule has 1 aromatic rings. The number of nitrogens with one attached hydrogen (secondary N) is 2. The Kier molecular flexibility index (Phi) is 4.89. The largest absolute Gasteiger partial charge is 0.355 e. The van der Waals surface area contributed by atoms with Gasteiger partial charge in [0.15, 0.2) is 0 Å². The van der Waals surface area contributed by atoms with Crippen molar-refractivity contribution in [1.29, 1.82) is 0 Å². The van der Waals surface area contributed by atoms with Crippen molar-refractivity contribution in [2.75, 3.05) is 19.6 Å². The zero-order valence-electron chi connectivity index (χ0n) is 11.2. The van der Waals surface area contributed by atoms with Crippen molar-refractivity contribution in [1.82, 2.24) is 10.6 Å². The smallest absolute Gasteiger partial charge is 0.341 e. The molecule has 116 valence electrons. The number of carbonyl (C=O) groups excluding carboxylic acids is 1. The second kappa shape index (κ2) is 6.48. The van der Waals surface area contributed by atoms with Crippen molar-refractivity contribution in [2.24, 2.45) is 5.92 Å². The van der Waals surface area contributed by atoms with Crippen molar-refractivity contribution in [3.63, 3.8) is 0 Å². The Morgan fingerprint density at radius 2 is 1.90 bits per heavy atom. The molecule has 1 aromatic carbocycles. The average Bonchev–Trinajstić information content (AvgIpc) is 2.37. The summed E-state index contributed by atoms with van der Waals surface area (Å²) in [5.41, 5.74) is 0.576. The molecule has 1 amide bonds. The number of hydrogen-bond donors (Lipinski definition) is 2. The highest BCUT2D eigenvalue weighted by Gasteiger charge is 2.26. The molecule has 0 aromatic heterocycles. The summed E-state index contributed by atoms with van der Waals surface area (Å²) in [6.45, 7) is 2.38. The lowest BCUT2D eigenvalue weighted by molar-refractivity contribution is -0.120. The van der Waals surface area contributed by atoms with E-state index in [1.807, 2.05) is 0 Å². The SMILES string of the molecule is O=C(Cc1ccc(S(=O)(=O)C(F)F)cc1)NCC1CNC1. The first-order valence-electron chi connectivity index (χ1n) is 6.48. The number of alkyl halides is 2. The zero-order chi connectivity index (χ0) is 15.5. The first-order valence-corrected chi connectivity index (χ1v) is 8.02. The molecule has 2 rings (SSSR count). The lowest BCUT2D eigenvalue weighted by atomic mass is 10.0. The standard InChI is InChI=1S/C13H16F2N2O3S/c14-13(15)21(19,20)11-3-1-9(2-4-11)5-12(18)17-8-10-6-16-7-10/h1-4,10,13,16H,5-8H2,(H,17,18). The van der Waals surface area contributed by atoms with Gasteiger partial charge in [-0.1, -0.05) is 12.1 Å². The molecule has 0 saturated carbocycles. The van der Waals surface area contributed by atoms with Crippen LogP contribution < -0.4 is 10.6 Å². The van der Waals surface area contributed by atoms with Gasteiger partial charge in [0, 0.05) is 25.6 Å². The third-order valence-corrected chi connectivity index (χ3v) is 4.70. The normalized spacial score (nSPS) is 15.8. The van der Waals surface area contributed by atoms with Gasteiger partial charge in [-0.15, -0.1) is 0 Å². The van der Waals surface area contributed by atoms with E-state index < -0.39 is 20.5 Å². The molecular weight excluding hydrogens is 302 g/mol. The van der Waals surface area contributed by atoms with Gasteiger partial charge in [-0.25, -0.2) is 8.42 Å². The summed E-state index contributed by atoms with van der Waals surface area (Å²) in [7, 11) is -4.58. The number of benzene rings is 1. The fourth-order valence-electron chi connectivity index (χ4n) is 1.90. The molecule has 0 spiro atoms. The van der Waals surface area contributed by atoms with E-state index in [1.54, 1.807) is 0 Å². The van der Waals surface area contributed by atoms with Gasteiger partial charge < -0.3 is 10.6 Å². The molecule has 0 atom stereocenters.